The molecule has 0 spiro atoms. The zero-order chi connectivity index (χ0) is 10.4. The molecule has 0 radical (unpaired) electrons. The van der Waals surface area contributed by atoms with E-state index in [-0.39, 0.29) is 17.2 Å². The van der Waals surface area contributed by atoms with Crippen molar-refractivity contribution in [3.05, 3.63) is 5.28 Å². The summed E-state index contributed by atoms with van der Waals surface area (Å²) in [5.41, 5.74) is 5.33. The third-order valence-electron chi connectivity index (χ3n) is 1.27. The van der Waals surface area contributed by atoms with E-state index in [9.17, 15) is 0 Å². The van der Waals surface area contributed by atoms with Gasteiger partial charge in [0, 0.05) is 6.61 Å². The Hall–Kier alpha value is -1.14. The van der Waals surface area contributed by atoms with E-state index >= 15 is 0 Å². The molecule has 0 saturated carbocycles. The molecule has 0 atom stereocenters. The molecule has 0 bridgehead atoms. The standard InChI is InChI=1S/C7H11ClN4O2/c1-2-13-3-4-14-7-11-5(8)10-6(9)12-7/h2-4H2,1H3,(H2,9,10,11,12). The van der Waals surface area contributed by atoms with Crippen LogP contribution in [0.5, 0.6) is 6.01 Å². The molecule has 0 saturated heterocycles. The highest BCUT2D eigenvalue weighted by Gasteiger charge is 2.02. The number of nitrogens with zero attached hydrogens (tertiary/aromatic N) is 3. The van der Waals surface area contributed by atoms with Gasteiger partial charge in [-0.3, -0.25) is 0 Å². The SMILES string of the molecule is CCOCCOc1nc(N)nc(Cl)n1. The van der Waals surface area contributed by atoms with E-state index in [0.717, 1.165) is 0 Å². The number of hydrogen-bond acceptors (Lipinski definition) is 6. The predicted octanol–water partition coefficient (Wildman–Crippen LogP) is 0.523. The smallest absolute Gasteiger partial charge is 0.322 e. The van der Waals surface area contributed by atoms with Crippen LogP contribution in [0.3, 0.4) is 0 Å². The van der Waals surface area contributed by atoms with Crippen LogP contribution < -0.4 is 10.5 Å². The Morgan fingerprint density at radius 2 is 2.07 bits per heavy atom. The van der Waals surface area contributed by atoms with Gasteiger partial charge in [0.15, 0.2) is 0 Å². The van der Waals surface area contributed by atoms with E-state index in [0.29, 0.717) is 19.8 Å². The summed E-state index contributed by atoms with van der Waals surface area (Å²) >= 11 is 5.54. The van der Waals surface area contributed by atoms with E-state index < -0.39 is 0 Å². The monoisotopic (exact) mass is 218 g/mol. The van der Waals surface area contributed by atoms with Gasteiger partial charge in [-0.1, -0.05) is 0 Å². The Kier molecular flexibility index (Phi) is 4.34. The molecule has 0 aliphatic heterocycles. The maximum Gasteiger partial charge on any atom is 0.322 e. The maximum absolute atomic E-state index is 5.54. The first-order valence-electron chi connectivity index (χ1n) is 4.10. The Morgan fingerprint density at radius 3 is 2.71 bits per heavy atom. The molecule has 78 valence electrons. The topological polar surface area (TPSA) is 83.2 Å². The second kappa shape index (κ2) is 5.56. The lowest BCUT2D eigenvalue weighted by Crippen LogP contribution is -2.09. The number of rotatable bonds is 5. The van der Waals surface area contributed by atoms with Crippen LogP contribution in [0, 0.1) is 0 Å². The Bertz CT molecular complexity index is 277. The molecule has 1 rings (SSSR count). The molecule has 0 fully saturated rings. The lowest BCUT2D eigenvalue weighted by atomic mass is 10.7. The van der Waals surface area contributed by atoms with Gasteiger partial charge in [-0.2, -0.15) is 15.0 Å². The van der Waals surface area contributed by atoms with Crippen molar-refractivity contribution < 1.29 is 9.47 Å². The van der Waals surface area contributed by atoms with Crippen molar-refractivity contribution in [3.8, 4) is 6.01 Å². The Labute approximate surface area is 86.4 Å². The fraction of sp³-hybridized carbons (Fsp3) is 0.571. The summed E-state index contributed by atoms with van der Waals surface area (Å²) in [5, 5.41) is 0.0175. The predicted molar refractivity (Wildman–Crippen MR) is 51.2 cm³/mol. The van der Waals surface area contributed by atoms with Gasteiger partial charge in [-0.15, -0.1) is 0 Å². The first-order valence-corrected chi connectivity index (χ1v) is 4.47. The summed E-state index contributed by atoms with van der Waals surface area (Å²) in [6, 6.07) is 0.113. The first kappa shape index (κ1) is 10.9. The highest BCUT2D eigenvalue weighted by molar-refractivity contribution is 6.28. The van der Waals surface area contributed by atoms with Crippen LogP contribution in [0.25, 0.3) is 0 Å². The fourth-order valence-corrected chi connectivity index (χ4v) is 0.906. The number of hydrogen-bond donors (Lipinski definition) is 1. The number of nitrogens with two attached hydrogens (primary N) is 1. The number of ether oxygens (including phenoxy) is 2. The zero-order valence-corrected chi connectivity index (χ0v) is 8.49. The lowest BCUT2D eigenvalue weighted by Gasteiger charge is -2.04. The molecule has 2 N–H and O–H groups in total. The highest BCUT2D eigenvalue weighted by Crippen LogP contribution is 2.08. The van der Waals surface area contributed by atoms with Crippen LogP contribution in [0.4, 0.5) is 5.95 Å². The Morgan fingerprint density at radius 1 is 1.29 bits per heavy atom. The van der Waals surface area contributed by atoms with E-state index in [4.69, 9.17) is 26.8 Å². The lowest BCUT2D eigenvalue weighted by molar-refractivity contribution is 0.106. The second-order valence-electron chi connectivity index (χ2n) is 2.29. The Balaban J connectivity index is 2.42. The van der Waals surface area contributed by atoms with Crippen LogP contribution in [-0.4, -0.2) is 34.8 Å². The van der Waals surface area contributed by atoms with Crippen LogP contribution in [0.2, 0.25) is 5.28 Å². The van der Waals surface area contributed by atoms with Crippen LogP contribution in [0.1, 0.15) is 6.92 Å². The molecule has 6 nitrogen and oxygen atoms in total. The molecule has 0 aromatic carbocycles. The molecular formula is C7H11ClN4O2. The third kappa shape index (κ3) is 3.71. The average Bonchev–Trinajstić information content (AvgIpc) is 2.11. The van der Waals surface area contributed by atoms with Gasteiger partial charge < -0.3 is 15.2 Å². The van der Waals surface area contributed by atoms with Crippen molar-refractivity contribution >= 4 is 17.5 Å². The summed E-state index contributed by atoms with van der Waals surface area (Å²) in [4.78, 5) is 11.0. The summed E-state index contributed by atoms with van der Waals surface area (Å²) in [5.74, 6) is 0.0383. The van der Waals surface area contributed by atoms with Crippen LogP contribution >= 0.6 is 11.6 Å². The first-order chi connectivity index (χ1) is 6.72. The molecule has 0 aliphatic carbocycles. The summed E-state index contributed by atoms with van der Waals surface area (Å²) in [6.07, 6.45) is 0. The minimum atomic E-state index is 0.0175. The molecule has 0 aliphatic rings. The summed E-state index contributed by atoms with van der Waals surface area (Å²) in [6.45, 7) is 3.37. The molecule has 0 amide bonds. The van der Waals surface area contributed by atoms with Gasteiger partial charge in [0.2, 0.25) is 11.2 Å². The van der Waals surface area contributed by atoms with Crippen molar-refractivity contribution in [2.75, 3.05) is 25.6 Å². The van der Waals surface area contributed by atoms with Crippen molar-refractivity contribution in [1.82, 2.24) is 15.0 Å². The van der Waals surface area contributed by atoms with Crippen LogP contribution in [-0.2, 0) is 4.74 Å². The van der Waals surface area contributed by atoms with Crippen molar-refractivity contribution in [3.63, 3.8) is 0 Å². The van der Waals surface area contributed by atoms with Crippen molar-refractivity contribution in [2.45, 2.75) is 6.92 Å². The molecule has 0 unspecified atom stereocenters. The van der Waals surface area contributed by atoms with Gasteiger partial charge in [-0.25, -0.2) is 0 Å². The largest absolute Gasteiger partial charge is 0.461 e. The average molecular weight is 219 g/mol. The van der Waals surface area contributed by atoms with E-state index in [2.05, 4.69) is 15.0 Å². The zero-order valence-electron chi connectivity index (χ0n) is 7.73. The van der Waals surface area contributed by atoms with Crippen molar-refractivity contribution in [1.29, 1.82) is 0 Å². The molecule has 1 heterocycles. The number of aromatic nitrogens is 3. The third-order valence-corrected chi connectivity index (χ3v) is 1.44. The summed E-state index contributed by atoms with van der Waals surface area (Å²) in [7, 11) is 0. The normalized spacial score (nSPS) is 10.1. The minimum absolute atomic E-state index is 0.0175. The maximum atomic E-state index is 5.54. The molecular weight excluding hydrogens is 208 g/mol. The molecule has 1 aromatic heterocycles. The number of anilines is 1. The molecule has 1 aromatic rings. The van der Waals surface area contributed by atoms with Gasteiger partial charge in [-0.05, 0) is 18.5 Å². The fourth-order valence-electron chi connectivity index (χ4n) is 0.747. The van der Waals surface area contributed by atoms with Crippen LogP contribution in [0.15, 0.2) is 0 Å². The molecule has 14 heavy (non-hydrogen) atoms. The molecule has 7 heteroatoms. The minimum Gasteiger partial charge on any atom is -0.461 e. The van der Waals surface area contributed by atoms with E-state index in [1.54, 1.807) is 0 Å². The van der Waals surface area contributed by atoms with Gasteiger partial charge in [0.1, 0.15) is 6.61 Å². The number of halogens is 1. The van der Waals surface area contributed by atoms with Gasteiger partial charge in [0.05, 0.1) is 6.61 Å². The van der Waals surface area contributed by atoms with Gasteiger partial charge in [0.25, 0.3) is 0 Å². The van der Waals surface area contributed by atoms with E-state index in [1.807, 2.05) is 6.92 Å². The van der Waals surface area contributed by atoms with E-state index in [1.165, 1.54) is 0 Å². The van der Waals surface area contributed by atoms with Crippen molar-refractivity contribution in [2.24, 2.45) is 0 Å². The summed E-state index contributed by atoms with van der Waals surface area (Å²) < 4.78 is 10.2. The van der Waals surface area contributed by atoms with Gasteiger partial charge >= 0.3 is 6.01 Å². The highest BCUT2D eigenvalue weighted by atomic mass is 35.5. The number of nitrogen functional groups attached to an aromatic ring is 1. The quantitative estimate of drug-likeness (QED) is 0.726. The second-order valence-corrected chi connectivity index (χ2v) is 2.63.